The molecule has 0 radical (unpaired) electrons. The van der Waals surface area contributed by atoms with Gasteiger partial charge in [-0.2, -0.15) is 5.10 Å². The number of nitrogens with zero attached hydrogens (tertiary/aromatic N) is 3. The fourth-order valence-corrected chi connectivity index (χ4v) is 1.69. The molecule has 18 heavy (non-hydrogen) atoms. The smallest absolute Gasteiger partial charge is 1.00 e. The quantitative estimate of drug-likeness (QED) is 0.656. The molecule has 1 aromatic carbocycles. The number of rotatable bonds is 4. The van der Waals surface area contributed by atoms with Gasteiger partial charge in [-0.05, 0) is 32.3 Å². The molecule has 0 bridgehead atoms. The Kier molecular flexibility index (Phi) is 4.97. The van der Waals surface area contributed by atoms with Gasteiger partial charge >= 0.3 is 24.8 Å². The number of carboxylic acids is 1. The maximum Gasteiger partial charge on any atom is 1.00 e. The second-order valence-corrected chi connectivity index (χ2v) is 4.25. The van der Waals surface area contributed by atoms with Crippen LogP contribution in [0.25, 0.3) is 10.9 Å². The van der Waals surface area contributed by atoms with Crippen LogP contribution in [0.5, 0.6) is 0 Å². The largest absolute Gasteiger partial charge is 1.00 e. The van der Waals surface area contributed by atoms with E-state index in [9.17, 15) is 4.79 Å². The van der Waals surface area contributed by atoms with E-state index in [4.69, 9.17) is 5.11 Å². The first-order chi connectivity index (χ1) is 8.08. The predicted molar refractivity (Wildman–Crippen MR) is 66.4 cm³/mol. The number of carbonyl (C=O) groups is 1. The Morgan fingerprint density at radius 2 is 2.22 bits per heavy atom. The summed E-state index contributed by atoms with van der Waals surface area (Å²) < 4.78 is 1.89. The van der Waals surface area contributed by atoms with E-state index < -0.39 is 5.97 Å². The predicted octanol–water partition coefficient (Wildman–Crippen LogP) is -1.59. The van der Waals surface area contributed by atoms with E-state index in [0.29, 0.717) is 5.56 Å². The van der Waals surface area contributed by atoms with Crippen LogP contribution in [-0.2, 0) is 6.54 Å². The van der Waals surface area contributed by atoms with E-state index in [0.717, 1.165) is 24.0 Å². The Bertz CT molecular complexity index is 557. The molecule has 0 saturated heterocycles. The first-order valence-electron chi connectivity index (χ1n) is 5.41. The zero-order chi connectivity index (χ0) is 12.4. The first kappa shape index (κ1) is 14.8. The van der Waals surface area contributed by atoms with Crippen LogP contribution < -0.4 is 18.9 Å². The molecule has 1 heterocycles. The average molecular weight is 241 g/mol. The molecule has 0 spiro atoms. The number of hydrogen-bond acceptors (Lipinski definition) is 3. The minimum Gasteiger partial charge on any atom is -1.00 e. The monoisotopic (exact) mass is 241 g/mol. The van der Waals surface area contributed by atoms with Crippen LogP contribution in [0.1, 0.15) is 11.8 Å². The Morgan fingerprint density at radius 3 is 2.83 bits per heavy atom. The van der Waals surface area contributed by atoms with Gasteiger partial charge in [0, 0.05) is 11.9 Å². The van der Waals surface area contributed by atoms with Crippen molar-refractivity contribution in [2.45, 2.75) is 6.54 Å². The van der Waals surface area contributed by atoms with Gasteiger partial charge in [0.25, 0.3) is 0 Å². The van der Waals surface area contributed by atoms with E-state index in [-0.39, 0.29) is 20.3 Å². The minimum absolute atomic E-state index is 0. The molecule has 0 atom stereocenters. The molecule has 0 aliphatic rings. The van der Waals surface area contributed by atoms with Crippen LogP contribution in [0, 0.1) is 0 Å². The molecule has 92 valence electrons. The molecule has 0 unspecified atom stereocenters. The molecule has 5 nitrogen and oxygen atoms in total. The summed E-state index contributed by atoms with van der Waals surface area (Å²) in [4.78, 5) is 12.9. The topological polar surface area (TPSA) is 58.4 Å². The van der Waals surface area contributed by atoms with Crippen LogP contribution in [0.2, 0.25) is 0 Å². The summed E-state index contributed by atoms with van der Waals surface area (Å²) in [6.07, 6.45) is 1.71. The Labute approximate surface area is 119 Å². The molecule has 2 rings (SSSR count). The summed E-state index contributed by atoms with van der Waals surface area (Å²) >= 11 is 0. The number of carboxylic acid groups (broad SMARTS) is 1. The molecule has 2 aromatic rings. The number of fused-ring (bicyclic) bond motifs is 1. The van der Waals surface area contributed by atoms with Gasteiger partial charge in [0.2, 0.25) is 0 Å². The Hall–Kier alpha value is -1.28. The van der Waals surface area contributed by atoms with Crippen molar-refractivity contribution in [3.8, 4) is 0 Å². The van der Waals surface area contributed by atoms with Gasteiger partial charge < -0.3 is 11.4 Å². The van der Waals surface area contributed by atoms with Gasteiger partial charge in [0.05, 0.1) is 23.8 Å². The standard InChI is InChI=1S/C12H15N3O2.Li.H/c1-14(2)5-6-15-11-4-3-9(12(16)17)7-10(11)8-13-15;;/h3-4,7-8H,5-6H2,1-2H3,(H,16,17);;/q;+1;-1. The summed E-state index contributed by atoms with van der Waals surface area (Å²) in [7, 11) is 4.02. The molecule has 0 aliphatic carbocycles. The van der Waals surface area contributed by atoms with E-state index >= 15 is 0 Å². The number of benzene rings is 1. The van der Waals surface area contributed by atoms with Crippen LogP contribution in [0.3, 0.4) is 0 Å². The van der Waals surface area contributed by atoms with Crippen molar-refractivity contribution in [2.24, 2.45) is 0 Å². The molecule has 0 saturated carbocycles. The van der Waals surface area contributed by atoms with Crippen molar-refractivity contribution >= 4 is 16.9 Å². The molecule has 0 fully saturated rings. The second kappa shape index (κ2) is 6.05. The SMILES string of the molecule is CN(C)CCn1ncc2cc(C(=O)O)ccc21.[H-].[Li+]. The zero-order valence-corrected chi connectivity index (χ0v) is 10.9. The molecular weight excluding hydrogens is 225 g/mol. The van der Waals surface area contributed by atoms with Gasteiger partial charge in [-0.25, -0.2) is 4.79 Å². The van der Waals surface area contributed by atoms with E-state index in [1.165, 1.54) is 0 Å². The van der Waals surface area contributed by atoms with Gasteiger partial charge in [0.15, 0.2) is 0 Å². The molecule has 0 amide bonds. The molecule has 1 N–H and O–H groups in total. The summed E-state index contributed by atoms with van der Waals surface area (Å²) in [5.41, 5.74) is 1.27. The second-order valence-electron chi connectivity index (χ2n) is 4.25. The fourth-order valence-electron chi connectivity index (χ4n) is 1.69. The summed E-state index contributed by atoms with van der Waals surface area (Å²) in [5, 5.41) is 14.0. The van der Waals surface area contributed by atoms with Crippen molar-refractivity contribution in [3.05, 3.63) is 30.0 Å². The molecular formula is C12H16LiN3O2. The normalized spacial score (nSPS) is 10.6. The zero-order valence-electron chi connectivity index (χ0n) is 11.9. The van der Waals surface area contributed by atoms with Gasteiger partial charge in [-0.1, -0.05) is 0 Å². The number of aromatic nitrogens is 2. The van der Waals surface area contributed by atoms with E-state index in [1.54, 1.807) is 24.4 Å². The van der Waals surface area contributed by atoms with Crippen molar-refractivity contribution in [1.29, 1.82) is 0 Å². The molecule has 1 aromatic heterocycles. The third kappa shape index (κ3) is 3.14. The minimum atomic E-state index is -0.909. The average Bonchev–Trinajstić information content (AvgIpc) is 2.68. The number of hydrogen-bond donors (Lipinski definition) is 1. The summed E-state index contributed by atoms with van der Waals surface area (Å²) in [5.74, 6) is -0.909. The maximum atomic E-state index is 10.8. The van der Waals surface area contributed by atoms with Crippen LogP contribution in [0.4, 0.5) is 0 Å². The molecule has 6 heteroatoms. The Balaban J connectivity index is 0.00000162. The Morgan fingerprint density at radius 1 is 1.50 bits per heavy atom. The van der Waals surface area contributed by atoms with Crippen molar-refractivity contribution < 1.29 is 30.2 Å². The van der Waals surface area contributed by atoms with Crippen LogP contribution in [-0.4, -0.2) is 46.4 Å². The van der Waals surface area contributed by atoms with Crippen molar-refractivity contribution in [1.82, 2.24) is 14.7 Å². The first-order valence-corrected chi connectivity index (χ1v) is 5.41. The van der Waals surface area contributed by atoms with Crippen molar-refractivity contribution in [3.63, 3.8) is 0 Å². The van der Waals surface area contributed by atoms with E-state index in [2.05, 4.69) is 10.00 Å². The van der Waals surface area contributed by atoms with Crippen LogP contribution >= 0.6 is 0 Å². The van der Waals surface area contributed by atoms with Crippen LogP contribution in [0.15, 0.2) is 24.4 Å². The number of likely N-dealkylation sites (N-methyl/N-ethyl adjacent to an activating group) is 1. The summed E-state index contributed by atoms with van der Waals surface area (Å²) in [6.45, 7) is 1.69. The van der Waals surface area contributed by atoms with E-state index in [1.807, 2.05) is 18.8 Å². The maximum absolute atomic E-state index is 10.8. The summed E-state index contributed by atoms with van der Waals surface area (Å²) in [6, 6.07) is 5.07. The van der Waals surface area contributed by atoms with Gasteiger partial charge in [-0.3, -0.25) is 4.68 Å². The molecule has 0 aliphatic heterocycles. The number of aromatic carboxylic acids is 1. The fraction of sp³-hybridized carbons (Fsp3) is 0.333. The van der Waals surface area contributed by atoms with Crippen molar-refractivity contribution in [2.75, 3.05) is 20.6 Å². The third-order valence-corrected chi connectivity index (χ3v) is 2.65. The third-order valence-electron chi connectivity index (χ3n) is 2.65. The van der Waals surface area contributed by atoms with Gasteiger partial charge in [-0.15, -0.1) is 0 Å². The van der Waals surface area contributed by atoms with Gasteiger partial charge in [0.1, 0.15) is 0 Å².